The van der Waals surface area contributed by atoms with Gasteiger partial charge in [0.15, 0.2) is 0 Å². The molecule has 5 heteroatoms. The van der Waals surface area contributed by atoms with Crippen LogP contribution in [0.5, 0.6) is 0 Å². The van der Waals surface area contributed by atoms with Crippen molar-refractivity contribution in [3.05, 3.63) is 42.1 Å². The van der Waals surface area contributed by atoms with E-state index < -0.39 is 0 Å². The van der Waals surface area contributed by atoms with E-state index in [1.54, 1.807) is 10.9 Å². The number of nitrogens with zero attached hydrogens (tertiary/aromatic N) is 3. The Bertz CT molecular complexity index is 463. The lowest BCUT2D eigenvalue weighted by Gasteiger charge is -2.28. The number of nitrogens with two attached hydrogens (primary N) is 1. The van der Waals surface area contributed by atoms with E-state index in [-0.39, 0.29) is 6.04 Å². The Morgan fingerprint density at radius 3 is 2.89 bits per heavy atom. The van der Waals surface area contributed by atoms with Crippen LogP contribution in [-0.4, -0.2) is 27.8 Å². The van der Waals surface area contributed by atoms with Crippen LogP contribution >= 0.6 is 0 Å². The van der Waals surface area contributed by atoms with E-state index in [2.05, 4.69) is 16.9 Å². The molecule has 0 spiro atoms. The molecule has 0 aliphatic carbocycles. The van der Waals surface area contributed by atoms with Crippen LogP contribution < -0.4 is 5.73 Å². The van der Waals surface area contributed by atoms with Crippen LogP contribution in [0, 0.1) is 0 Å². The highest BCUT2D eigenvalue weighted by Gasteiger charge is 2.20. The Labute approximate surface area is 107 Å². The van der Waals surface area contributed by atoms with Crippen LogP contribution in [0.2, 0.25) is 0 Å². The van der Waals surface area contributed by atoms with Gasteiger partial charge in [0.2, 0.25) is 0 Å². The third-order valence-electron chi connectivity index (χ3n) is 3.12. The maximum absolute atomic E-state index is 5.91. The number of furan rings is 1. The van der Waals surface area contributed by atoms with Crippen LogP contribution in [0.4, 0.5) is 0 Å². The molecule has 18 heavy (non-hydrogen) atoms. The molecule has 2 aromatic rings. The number of aromatic nitrogens is 2. The highest BCUT2D eigenvalue weighted by atomic mass is 16.3. The second kappa shape index (κ2) is 5.84. The fourth-order valence-electron chi connectivity index (χ4n) is 2.15. The van der Waals surface area contributed by atoms with Gasteiger partial charge in [0.05, 0.1) is 25.0 Å². The lowest BCUT2D eigenvalue weighted by Crippen LogP contribution is -2.33. The molecule has 2 aromatic heterocycles. The van der Waals surface area contributed by atoms with E-state index in [4.69, 9.17) is 10.2 Å². The summed E-state index contributed by atoms with van der Waals surface area (Å²) in [6.45, 7) is 4.37. The smallest absolute Gasteiger partial charge is 0.117 e. The van der Waals surface area contributed by atoms with Crippen LogP contribution in [0.25, 0.3) is 0 Å². The summed E-state index contributed by atoms with van der Waals surface area (Å²) in [5, 5.41) is 4.21. The highest BCUT2D eigenvalue weighted by molar-refractivity contribution is 5.12. The minimum Gasteiger partial charge on any atom is -0.468 e. The van der Waals surface area contributed by atoms with Crippen molar-refractivity contribution in [2.75, 3.05) is 13.1 Å². The molecule has 0 radical (unpaired) electrons. The van der Waals surface area contributed by atoms with Gasteiger partial charge in [0.25, 0.3) is 0 Å². The van der Waals surface area contributed by atoms with E-state index in [0.29, 0.717) is 6.54 Å². The summed E-state index contributed by atoms with van der Waals surface area (Å²) in [4.78, 5) is 2.29. The van der Waals surface area contributed by atoms with Gasteiger partial charge < -0.3 is 10.2 Å². The van der Waals surface area contributed by atoms with Crippen LogP contribution in [0.15, 0.2) is 35.2 Å². The van der Waals surface area contributed by atoms with Crippen molar-refractivity contribution in [3.63, 3.8) is 0 Å². The highest BCUT2D eigenvalue weighted by Crippen LogP contribution is 2.21. The minimum absolute atomic E-state index is 0.175. The Balaban J connectivity index is 2.13. The Kier molecular flexibility index (Phi) is 4.17. The SMILES string of the molecule is CCN(Cc1ccco1)C(CN)c1cnn(C)c1. The lowest BCUT2D eigenvalue weighted by atomic mass is 10.1. The third kappa shape index (κ3) is 2.80. The average molecular weight is 248 g/mol. The van der Waals surface area contributed by atoms with Crippen LogP contribution in [0.3, 0.4) is 0 Å². The Morgan fingerprint density at radius 1 is 1.56 bits per heavy atom. The molecule has 0 aromatic carbocycles. The van der Waals surface area contributed by atoms with Crippen molar-refractivity contribution in [1.29, 1.82) is 0 Å². The normalized spacial score (nSPS) is 13.1. The van der Waals surface area contributed by atoms with Crippen molar-refractivity contribution in [1.82, 2.24) is 14.7 Å². The monoisotopic (exact) mass is 248 g/mol. The second-order valence-electron chi connectivity index (χ2n) is 4.34. The van der Waals surface area contributed by atoms with Gasteiger partial charge in [-0.15, -0.1) is 0 Å². The molecule has 0 amide bonds. The van der Waals surface area contributed by atoms with Crippen molar-refractivity contribution in [3.8, 4) is 0 Å². The molecule has 2 heterocycles. The van der Waals surface area contributed by atoms with Crippen LogP contribution in [0.1, 0.15) is 24.3 Å². The van der Waals surface area contributed by atoms with Crippen molar-refractivity contribution >= 4 is 0 Å². The maximum Gasteiger partial charge on any atom is 0.117 e. The predicted molar refractivity (Wildman–Crippen MR) is 69.8 cm³/mol. The molecule has 2 N–H and O–H groups in total. The zero-order valence-corrected chi connectivity index (χ0v) is 10.9. The molecule has 0 saturated carbocycles. The van der Waals surface area contributed by atoms with Gasteiger partial charge >= 0.3 is 0 Å². The number of hydrogen-bond acceptors (Lipinski definition) is 4. The lowest BCUT2D eigenvalue weighted by molar-refractivity contribution is 0.188. The average Bonchev–Trinajstić information content (AvgIpc) is 3.01. The van der Waals surface area contributed by atoms with Gasteiger partial charge in [0.1, 0.15) is 5.76 Å². The summed E-state index contributed by atoms with van der Waals surface area (Å²) in [6, 6.07) is 4.07. The molecule has 2 rings (SSSR count). The fourth-order valence-corrected chi connectivity index (χ4v) is 2.15. The van der Waals surface area contributed by atoms with Gasteiger partial charge in [-0.1, -0.05) is 6.92 Å². The van der Waals surface area contributed by atoms with E-state index >= 15 is 0 Å². The first-order valence-corrected chi connectivity index (χ1v) is 6.19. The van der Waals surface area contributed by atoms with Gasteiger partial charge in [-0.3, -0.25) is 9.58 Å². The molecule has 1 atom stereocenters. The van der Waals surface area contributed by atoms with Gasteiger partial charge in [-0.25, -0.2) is 0 Å². The Hall–Kier alpha value is -1.59. The van der Waals surface area contributed by atoms with Crippen molar-refractivity contribution in [2.45, 2.75) is 19.5 Å². The van der Waals surface area contributed by atoms with E-state index in [1.165, 1.54) is 0 Å². The summed E-state index contributed by atoms with van der Waals surface area (Å²) in [5.41, 5.74) is 7.06. The first kappa shape index (κ1) is 12.9. The van der Waals surface area contributed by atoms with E-state index in [0.717, 1.165) is 24.4 Å². The summed E-state index contributed by atoms with van der Waals surface area (Å²) >= 11 is 0. The summed E-state index contributed by atoms with van der Waals surface area (Å²) in [7, 11) is 1.92. The van der Waals surface area contributed by atoms with E-state index in [9.17, 15) is 0 Å². The first-order valence-electron chi connectivity index (χ1n) is 6.19. The zero-order valence-electron chi connectivity index (χ0n) is 10.9. The molecule has 0 aliphatic rings. The summed E-state index contributed by atoms with van der Waals surface area (Å²) in [5.74, 6) is 0.958. The third-order valence-corrected chi connectivity index (χ3v) is 3.12. The molecule has 0 fully saturated rings. The van der Waals surface area contributed by atoms with Crippen molar-refractivity contribution < 1.29 is 4.42 Å². The second-order valence-corrected chi connectivity index (χ2v) is 4.34. The quantitative estimate of drug-likeness (QED) is 0.842. The standard InChI is InChI=1S/C13H20N4O/c1-3-17(10-12-5-4-6-18-12)13(7-14)11-8-15-16(2)9-11/h4-6,8-9,13H,3,7,10,14H2,1-2H3. The zero-order chi connectivity index (χ0) is 13.0. The molecule has 0 aliphatic heterocycles. The predicted octanol–water partition coefficient (Wildman–Crippen LogP) is 1.53. The molecular formula is C13H20N4O. The maximum atomic E-state index is 5.91. The molecule has 1 unspecified atom stereocenters. The summed E-state index contributed by atoms with van der Waals surface area (Å²) in [6.07, 6.45) is 5.59. The van der Waals surface area contributed by atoms with Gasteiger partial charge in [0, 0.05) is 25.4 Å². The topological polar surface area (TPSA) is 60.2 Å². The van der Waals surface area contributed by atoms with Gasteiger partial charge in [-0.2, -0.15) is 5.10 Å². The largest absolute Gasteiger partial charge is 0.468 e. The number of hydrogen-bond donors (Lipinski definition) is 1. The van der Waals surface area contributed by atoms with Gasteiger partial charge in [-0.05, 0) is 18.7 Å². The molecule has 0 bridgehead atoms. The Morgan fingerprint density at radius 2 is 2.39 bits per heavy atom. The fraction of sp³-hybridized carbons (Fsp3) is 0.462. The number of aryl methyl sites for hydroxylation is 1. The number of likely N-dealkylation sites (N-methyl/N-ethyl adjacent to an activating group) is 1. The first-order chi connectivity index (χ1) is 8.74. The number of rotatable bonds is 6. The van der Waals surface area contributed by atoms with Crippen molar-refractivity contribution in [2.24, 2.45) is 12.8 Å². The minimum atomic E-state index is 0.175. The molecular weight excluding hydrogens is 228 g/mol. The van der Waals surface area contributed by atoms with Crippen LogP contribution in [-0.2, 0) is 13.6 Å². The molecule has 5 nitrogen and oxygen atoms in total. The molecule has 0 saturated heterocycles. The summed E-state index contributed by atoms with van der Waals surface area (Å²) < 4.78 is 7.20. The molecule has 98 valence electrons. The van der Waals surface area contributed by atoms with E-state index in [1.807, 2.05) is 31.6 Å².